The van der Waals surface area contributed by atoms with Crippen LogP contribution in [-0.2, 0) is 11.3 Å². The number of piperazine rings is 1. The molecule has 110 valence electrons. The van der Waals surface area contributed by atoms with Crippen molar-refractivity contribution in [3.63, 3.8) is 0 Å². The second-order valence-electron chi connectivity index (χ2n) is 5.16. The minimum atomic E-state index is 0.0606. The maximum Gasteiger partial charge on any atom is 0.234 e. The van der Waals surface area contributed by atoms with E-state index in [4.69, 9.17) is 11.6 Å². The van der Waals surface area contributed by atoms with Crippen LogP contribution in [0.15, 0.2) is 30.3 Å². The Kier molecular flexibility index (Phi) is 3.94. The van der Waals surface area contributed by atoms with Crippen molar-refractivity contribution >= 4 is 17.5 Å². The molecular weight excluding hydrogens is 288 g/mol. The molecule has 2 heterocycles. The van der Waals surface area contributed by atoms with E-state index >= 15 is 0 Å². The van der Waals surface area contributed by atoms with E-state index in [0.29, 0.717) is 24.8 Å². The molecule has 1 N–H and O–H groups in total. The molecule has 1 amide bonds. The van der Waals surface area contributed by atoms with Crippen molar-refractivity contribution < 1.29 is 4.79 Å². The van der Waals surface area contributed by atoms with Crippen molar-refractivity contribution in [2.75, 3.05) is 19.6 Å². The number of halogens is 1. The first-order chi connectivity index (χ1) is 10.1. The fourth-order valence-corrected chi connectivity index (χ4v) is 2.83. The molecule has 6 heteroatoms. The number of nitrogens with zero attached hydrogens (tertiary/aromatic N) is 3. The number of carbonyl (C=O) groups excluding carboxylic acids is 1. The molecule has 0 aliphatic carbocycles. The first kappa shape index (κ1) is 14.1. The van der Waals surface area contributed by atoms with Gasteiger partial charge in [0.2, 0.25) is 5.91 Å². The molecule has 0 saturated carbocycles. The molecule has 1 aliphatic rings. The van der Waals surface area contributed by atoms with Gasteiger partial charge < -0.3 is 5.32 Å². The first-order valence-electron chi connectivity index (χ1n) is 6.93. The number of aryl methyl sites for hydroxylation is 1. The van der Waals surface area contributed by atoms with E-state index in [1.807, 2.05) is 37.3 Å². The van der Waals surface area contributed by atoms with Gasteiger partial charge in [-0.25, -0.2) is 4.68 Å². The molecule has 0 unspecified atom stereocenters. The van der Waals surface area contributed by atoms with Crippen molar-refractivity contribution in [1.82, 2.24) is 20.0 Å². The van der Waals surface area contributed by atoms with Crippen LogP contribution in [0.1, 0.15) is 11.3 Å². The summed E-state index contributed by atoms with van der Waals surface area (Å²) in [7, 11) is 0. The number of benzene rings is 1. The highest BCUT2D eigenvalue weighted by atomic mass is 35.5. The normalized spacial score (nSPS) is 16.0. The van der Waals surface area contributed by atoms with Crippen molar-refractivity contribution in [2.45, 2.75) is 13.5 Å². The molecule has 0 atom stereocenters. The van der Waals surface area contributed by atoms with Crippen LogP contribution in [0.4, 0.5) is 0 Å². The lowest BCUT2D eigenvalue weighted by atomic mass is 10.2. The fourth-order valence-electron chi connectivity index (χ4n) is 2.50. The first-order valence-corrected chi connectivity index (χ1v) is 7.31. The van der Waals surface area contributed by atoms with Gasteiger partial charge in [-0.3, -0.25) is 9.69 Å². The van der Waals surface area contributed by atoms with Gasteiger partial charge in [0.1, 0.15) is 5.15 Å². The Hall–Kier alpha value is -1.85. The van der Waals surface area contributed by atoms with Gasteiger partial charge in [-0.1, -0.05) is 29.8 Å². The monoisotopic (exact) mass is 304 g/mol. The minimum Gasteiger partial charge on any atom is -0.354 e. The summed E-state index contributed by atoms with van der Waals surface area (Å²) in [6.45, 7) is 4.52. The van der Waals surface area contributed by atoms with Gasteiger partial charge in [-0.15, -0.1) is 0 Å². The Bertz CT molecular complexity index is 653. The highest BCUT2D eigenvalue weighted by Crippen LogP contribution is 2.24. The van der Waals surface area contributed by atoms with Crippen molar-refractivity contribution in [1.29, 1.82) is 0 Å². The third-order valence-electron chi connectivity index (χ3n) is 3.62. The molecular formula is C15H17ClN4O. The predicted octanol–water partition coefficient (Wildman–Crippen LogP) is 1.77. The van der Waals surface area contributed by atoms with Gasteiger partial charge in [0, 0.05) is 25.2 Å². The Morgan fingerprint density at radius 1 is 1.33 bits per heavy atom. The lowest BCUT2D eigenvalue weighted by Gasteiger charge is -2.26. The zero-order valence-corrected chi connectivity index (χ0v) is 12.6. The van der Waals surface area contributed by atoms with E-state index in [1.54, 1.807) is 4.68 Å². The number of hydrogen-bond donors (Lipinski definition) is 1. The zero-order chi connectivity index (χ0) is 14.8. The molecule has 0 radical (unpaired) electrons. The lowest BCUT2D eigenvalue weighted by Crippen LogP contribution is -2.47. The quantitative estimate of drug-likeness (QED) is 0.940. The van der Waals surface area contributed by atoms with Crippen LogP contribution in [-0.4, -0.2) is 40.2 Å². The molecule has 1 fully saturated rings. The summed E-state index contributed by atoms with van der Waals surface area (Å²) in [5.74, 6) is 0.0606. The average molecular weight is 305 g/mol. The van der Waals surface area contributed by atoms with Gasteiger partial charge in [0.25, 0.3) is 0 Å². The van der Waals surface area contributed by atoms with Gasteiger partial charge in [-0.05, 0) is 19.1 Å². The second kappa shape index (κ2) is 5.87. The van der Waals surface area contributed by atoms with E-state index in [2.05, 4.69) is 15.3 Å². The van der Waals surface area contributed by atoms with E-state index in [1.165, 1.54) is 0 Å². The van der Waals surface area contributed by atoms with Crippen LogP contribution in [0, 0.1) is 6.92 Å². The van der Waals surface area contributed by atoms with Crippen LogP contribution in [0.3, 0.4) is 0 Å². The Labute approximate surface area is 128 Å². The van der Waals surface area contributed by atoms with E-state index in [9.17, 15) is 4.79 Å². The van der Waals surface area contributed by atoms with Gasteiger partial charge in [0.05, 0.1) is 17.9 Å². The van der Waals surface area contributed by atoms with Crippen molar-refractivity contribution in [3.8, 4) is 5.69 Å². The molecule has 1 aromatic carbocycles. The van der Waals surface area contributed by atoms with Crippen molar-refractivity contribution in [3.05, 3.63) is 46.7 Å². The third kappa shape index (κ3) is 2.94. The summed E-state index contributed by atoms with van der Waals surface area (Å²) in [5.41, 5.74) is 2.82. The number of carbonyl (C=O) groups is 1. The molecule has 21 heavy (non-hydrogen) atoms. The number of aromatic nitrogens is 2. The molecule has 3 rings (SSSR count). The molecule has 2 aromatic rings. The van der Waals surface area contributed by atoms with Crippen LogP contribution in [0.5, 0.6) is 0 Å². The fraction of sp³-hybridized carbons (Fsp3) is 0.333. The van der Waals surface area contributed by atoms with E-state index in [-0.39, 0.29) is 5.91 Å². The SMILES string of the molecule is Cc1nn(-c2ccccc2)c(Cl)c1CN1CCNC(=O)C1. The predicted molar refractivity (Wildman–Crippen MR) is 81.6 cm³/mol. The maximum atomic E-state index is 11.5. The van der Waals surface area contributed by atoms with Crippen LogP contribution >= 0.6 is 11.6 Å². The Balaban J connectivity index is 1.86. The largest absolute Gasteiger partial charge is 0.354 e. The third-order valence-corrected chi connectivity index (χ3v) is 4.01. The zero-order valence-electron chi connectivity index (χ0n) is 11.8. The molecule has 1 aliphatic heterocycles. The summed E-state index contributed by atoms with van der Waals surface area (Å²) in [6, 6.07) is 9.81. The van der Waals surface area contributed by atoms with E-state index in [0.717, 1.165) is 23.5 Å². The molecule has 0 spiro atoms. The van der Waals surface area contributed by atoms with Gasteiger partial charge in [-0.2, -0.15) is 5.10 Å². The average Bonchev–Trinajstić information content (AvgIpc) is 2.76. The van der Waals surface area contributed by atoms with Crippen LogP contribution < -0.4 is 5.32 Å². The van der Waals surface area contributed by atoms with Crippen LogP contribution in [0.2, 0.25) is 5.15 Å². The minimum absolute atomic E-state index is 0.0606. The van der Waals surface area contributed by atoms with Gasteiger partial charge >= 0.3 is 0 Å². The topological polar surface area (TPSA) is 50.2 Å². The smallest absolute Gasteiger partial charge is 0.234 e. The number of nitrogens with one attached hydrogen (secondary N) is 1. The van der Waals surface area contributed by atoms with Crippen LogP contribution in [0.25, 0.3) is 5.69 Å². The molecule has 5 nitrogen and oxygen atoms in total. The molecule has 1 saturated heterocycles. The second-order valence-corrected chi connectivity index (χ2v) is 5.52. The summed E-state index contributed by atoms with van der Waals surface area (Å²) >= 11 is 6.49. The Morgan fingerprint density at radius 3 is 2.81 bits per heavy atom. The summed E-state index contributed by atoms with van der Waals surface area (Å²) in [6.07, 6.45) is 0. The summed E-state index contributed by atoms with van der Waals surface area (Å²) < 4.78 is 1.75. The highest BCUT2D eigenvalue weighted by Gasteiger charge is 2.21. The highest BCUT2D eigenvalue weighted by molar-refractivity contribution is 6.30. The summed E-state index contributed by atoms with van der Waals surface area (Å²) in [5, 5.41) is 7.96. The van der Waals surface area contributed by atoms with Crippen molar-refractivity contribution in [2.24, 2.45) is 0 Å². The number of para-hydroxylation sites is 1. The number of rotatable bonds is 3. The molecule has 0 bridgehead atoms. The van der Waals surface area contributed by atoms with E-state index < -0.39 is 0 Å². The lowest BCUT2D eigenvalue weighted by molar-refractivity contribution is -0.124. The maximum absolute atomic E-state index is 11.5. The summed E-state index contributed by atoms with van der Waals surface area (Å²) in [4.78, 5) is 13.5. The van der Waals surface area contributed by atoms with Gasteiger partial charge in [0.15, 0.2) is 0 Å². The Morgan fingerprint density at radius 2 is 2.10 bits per heavy atom. The number of amides is 1. The number of hydrogen-bond acceptors (Lipinski definition) is 3. The molecule has 1 aromatic heterocycles. The standard InChI is InChI=1S/C15H17ClN4O/c1-11-13(9-19-8-7-17-14(21)10-19)15(16)20(18-11)12-5-3-2-4-6-12/h2-6H,7-10H2,1H3,(H,17,21).